The highest BCUT2D eigenvalue weighted by atomic mass is 35.5. The second-order valence-electron chi connectivity index (χ2n) is 5.06. The Morgan fingerprint density at radius 2 is 2.21 bits per heavy atom. The molecule has 2 rings (SSSR count). The van der Waals surface area contributed by atoms with Gasteiger partial charge in [-0.1, -0.05) is 23.7 Å². The van der Waals surface area contributed by atoms with Gasteiger partial charge in [0.15, 0.2) is 0 Å². The van der Waals surface area contributed by atoms with E-state index in [0.717, 1.165) is 0 Å². The molecule has 8 heteroatoms. The Morgan fingerprint density at radius 3 is 2.79 bits per heavy atom. The SMILES string of the molecule is CCOC(=O)C1=C(C)NC(Cl)=C(C=O)C1c1cccc([N+](=O)[O-])c1. The van der Waals surface area contributed by atoms with Crippen LogP contribution in [0.25, 0.3) is 0 Å². The molecule has 1 atom stereocenters. The number of nitro benzene ring substituents is 1. The smallest absolute Gasteiger partial charge is 0.336 e. The van der Waals surface area contributed by atoms with Crippen molar-refractivity contribution in [3.05, 3.63) is 61.9 Å². The van der Waals surface area contributed by atoms with E-state index in [9.17, 15) is 19.7 Å². The van der Waals surface area contributed by atoms with Gasteiger partial charge in [-0.3, -0.25) is 14.9 Å². The van der Waals surface area contributed by atoms with Crippen molar-refractivity contribution in [2.75, 3.05) is 6.61 Å². The fraction of sp³-hybridized carbons (Fsp3) is 0.250. The van der Waals surface area contributed by atoms with Crippen molar-refractivity contribution in [2.24, 2.45) is 0 Å². The van der Waals surface area contributed by atoms with Gasteiger partial charge in [0, 0.05) is 29.3 Å². The predicted molar refractivity (Wildman–Crippen MR) is 87.2 cm³/mol. The number of nitrogens with one attached hydrogen (secondary N) is 1. The fourth-order valence-electron chi connectivity index (χ4n) is 2.57. The fourth-order valence-corrected chi connectivity index (χ4v) is 2.86. The zero-order valence-electron chi connectivity index (χ0n) is 13.0. The Labute approximate surface area is 143 Å². The summed E-state index contributed by atoms with van der Waals surface area (Å²) in [6.07, 6.45) is 0.532. The molecule has 0 aliphatic carbocycles. The van der Waals surface area contributed by atoms with Gasteiger partial charge in [0.25, 0.3) is 5.69 Å². The van der Waals surface area contributed by atoms with Crippen molar-refractivity contribution >= 4 is 29.5 Å². The molecule has 1 N–H and O–H groups in total. The Bertz CT molecular complexity index is 769. The molecule has 0 radical (unpaired) electrons. The number of carbonyl (C=O) groups excluding carboxylic acids is 2. The van der Waals surface area contributed by atoms with Gasteiger partial charge in [-0.25, -0.2) is 4.79 Å². The van der Waals surface area contributed by atoms with Crippen molar-refractivity contribution in [2.45, 2.75) is 19.8 Å². The van der Waals surface area contributed by atoms with Crippen LogP contribution in [0.4, 0.5) is 5.69 Å². The van der Waals surface area contributed by atoms with Crippen molar-refractivity contribution < 1.29 is 19.2 Å². The minimum Gasteiger partial charge on any atom is -0.463 e. The summed E-state index contributed by atoms with van der Waals surface area (Å²) in [4.78, 5) is 34.3. The molecule has 0 spiro atoms. The predicted octanol–water partition coefficient (Wildman–Crippen LogP) is 2.77. The van der Waals surface area contributed by atoms with Crippen molar-refractivity contribution in [3.8, 4) is 0 Å². The molecule has 1 aromatic rings. The van der Waals surface area contributed by atoms with Gasteiger partial charge in [-0.15, -0.1) is 0 Å². The molecule has 1 heterocycles. The number of nitrogens with zero attached hydrogens (tertiary/aromatic N) is 1. The Hall–Kier alpha value is -2.67. The first kappa shape index (κ1) is 17.7. The van der Waals surface area contributed by atoms with Crippen molar-refractivity contribution in [1.29, 1.82) is 0 Å². The third kappa shape index (κ3) is 3.30. The number of hydrogen-bond donors (Lipinski definition) is 1. The van der Waals surface area contributed by atoms with Crippen LogP contribution in [0.5, 0.6) is 0 Å². The number of allylic oxidation sites excluding steroid dienone is 2. The van der Waals surface area contributed by atoms with E-state index in [1.54, 1.807) is 19.9 Å². The molecule has 24 heavy (non-hydrogen) atoms. The first-order chi connectivity index (χ1) is 11.4. The molecule has 0 saturated heterocycles. The van der Waals surface area contributed by atoms with Crippen LogP contribution in [0.1, 0.15) is 25.3 Å². The van der Waals surface area contributed by atoms with Gasteiger partial charge < -0.3 is 10.1 Å². The summed E-state index contributed by atoms with van der Waals surface area (Å²) in [6, 6.07) is 5.74. The highest BCUT2D eigenvalue weighted by Crippen LogP contribution is 2.39. The maximum absolute atomic E-state index is 12.3. The lowest BCUT2D eigenvalue weighted by Crippen LogP contribution is -2.29. The van der Waals surface area contributed by atoms with Crippen LogP contribution in [0.3, 0.4) is 0 Å². The highest BCUT2D eigenvalue weighted by molar-refractivity contribution is 6.31. The van der Waals surface area contributed by atoms with Gasteiger partial charge in [-0.05, 0) is 19.4 Å². The monoisotopic (exact) mass is 350 g/mol. The maximum Gasteiger partial charge on any atom is 0.336 e. The Morgan fingerprint density at radius 1 is 1.50 bits per heavy atom. The van der Waals surface area contributed by atoms with Gasteiger partial charge in [0.1, 0.15) is 11.4 Å². The second kappa shape index (κ2) is 7.27. The van der Waals surface area contributed by atoms with Crippen molar-refractivity contribution in [1.82, 2.24) is 5.32 Å². The molecule has 0 aromatic heterocycles. The van der Waals surface area contributed by atoms with Gasteiger partial charge >= 0.3 is 5.97 Å². The molecular formula is C16H15ClN2O5. The molecule has 0 amide bonds. The number of carbonyl (C=O) groups is 2. The minimum atomic E-state index is -0.838. The standard InChI is InChI=1S/C16H15ClN2O5/c1-3-24-16(21)13-9(2)18-15(17)12(8-20)14(13)10-5-4-6-11(7-10)19(22)23/h4-8,14,18H,3H2,1-2H3. The zero-order valence-corrected chi connectivity index (χ0v) is 13.8. The molecule has 126 valence electrons. The summed E-state index contributed by atoms with van der Waals surface area (Å²) >= 11 is 6.09. The summed E-state index contributed by atoms with van der Waals surface area (Å²) < 4.78 is 5.06. The van der Waals surface area contributed by atoms with Crippen molar-refractivity contribution in [3.63, 3.8) is 0 Å². The van der Waals surface area contributed by atoms with E-state index in [1.807, 2.05) is 0 Å². The third-order valence-corrected chi connectivity index (χ3v) is 3.90. The molecule has 7 nitrogen and oxygen atoms in total. The average Bonchev–Trinajstić information content (AvgIpc) is 2.54. The van der Waals surface area contributed by atoms with Crippen LogP contribution in [-0.2, 0) is 14.3 Å². The molecule has 1 unspecified atom stereocenters. The molecular weight excluding hydrogens is 336 g/mol. The number of benzene rings is 1. The van der Waals surface area contributed by atoms with Gasteiger partial charge in [0.05, 0.1) is 17.1 Å². The molecule has 1 aliphatic rings. The van der Waals surface area contributed by atoms with Crippen LogP contribution in [0, 0.1) is 10.1 Å². The number of ether oxygens (including phenoxy) is 1. The lowest BCUT2D eigenvalue weighted by atomic mass is 9.82. The zero-order chi connectivity index (χ0) is 17.9. The van der Waals surface area contributed by atoms with Gasteiger partial charge in [-0.2, -0.15) is 0 Å². The molecule has 0 fully saturated rings. The first-order valence-corrected chi connectivity index (χ1v) is 7.52. The molecule has 0 saturated carbocycles. The normalized spacial score (nSPS) is 17.4. The van der Waals surface area contributed by atoms with E-state index in [4.69, 9.17) is 16.3 Å². The van der Waals surface area contributed by atoms with Crippen LogP contribution in [-0.4, -0.2) is 23.8 Å². The quantitative estimate of drug-likeness (QED) is 0.288. The van der Waals surface area contributed by atoms with E-state index < -0.39 is 16.8 Å². The third-order valence-electron chi connectivity index (χ3n) is 3.59. The van der Waals surface area contributed by atoms with E-state index >= 15 is 0 Å². The van der Waals surface area contributed by atoms with E-state index in [1.165, 1.54) is 18.2 Å². The Kier molecular flexibility index (Phi) is 5.35. The maximum atomic E-state index is 12.3. The number of non-ortho nitro benzene ring substituents is 1. The number of hydrogen-bond acceptors (Lipinski definition) is 6. The largest absolute Gasteiger partial charge is 0.463 e. The van der Waals surface area contributed by atoms with Crippen LogP contribution in [0.15, 0.2) is 46.3 Å². The van der Waals surface area contributed by atoms with Crippen LogP contribution in [0.2, 0.25) is 0 Å². The van der Waals surface area contributed by atoms with Gasteiger partial charge in [0.2, 0.25) is 0 Å². The summed E-state index contributed by atoms with van der Waals surface area (Å²) in [5.74, 6) is -1.45. The first-order valence-electron chi connectivity index (χ1n) is 7.14. The van der Waals surface area contributed by atoms with E-state index in [-0.39, 0.29) is 28.6 Å². The highest BCUT2D eigenvalue weighted by Gasteiger charge is 2.35. The number of esters is 1. The van der Waals surface area contributed by atoms with E-state index in [2.05, 4.69) is 5.32 Å². The lowest BCUT2D eigenvalue weighted by Gasteiger charge is -2.28. The molecule has 1 aliphatic heterocycles. The Balaban J connectivity index is 2.64. The topological polar surface area (TPSA) is 98.5 Å². The minimum absolute atomic E-state index is 0.0760. The summed E-state index contributed by atoms with van der Waals surface area (Å²) in [7, 11) is 0. The summed E-state index contributed by atoms with van der Waals surface area (Å²) in [5, 5.41) is 13.9. The number of nitro groups is 1. The van der Waals surface area contributed by atoms with E-state index in [0.29, 0.717) is 17.5 Å². The number of dihydropyridines is 1. The number of aldehydes is 1. The molecule has 1 aromatic carbocycles. The number of rotatable bonds is 5. The molecule has 0 bridgehead atoms. The number of halogens is 1. The average molecular weight is 351 g/mol. The lowest BCUT2D eigenvalue weighted by molar-refractivity contribution is -0.384. The summed E-state index contributed by atoms with van der Waals surface area (Å²) in [6.45, 7) is 3.45. The second-order valence-corrected chi connectivity index (χ2v) is 5.43. The van der Waals surface area contributed by atoms with Crippen LogP contribution < -0.4 is 5.32 Å². The summed E-state index contributed by atoms with van der Waals surface area (Å²) in [5.41, 5.74) is 1.01. The van der Waals surface area contributed by atoms with Crippen LogP contribution >= 0.6 is 11.6 Å².